The zero-order valence-corrected chi connectivity index (χ0v) is 37.0. The summed E-state index contributed by atoms with van der Waals surface area (Å²) in [6.45, 7) is 13.7. The Morgan fingerprint density at radius 3 is 1.92 bits per heavy atom. The number of halogens is 3. The molecule has 1 saturated heterocycles. The number of anilines is 1. The summed E-state index contributed by atoms with van der Waals surface area (Å²) in [4.78, 5) is 68.9. The molecule has 1 heterocycles. The summed E-state index contributed by atoms with van der Waals surface area (Å²) in [6, 6.07) is 3.30. The van der Waals surface area contributed by atoms with Gasteiger partial charge in [-0.3, -0.25) is 24.1 Å². The van der Waals surface area contributed by atoms with Gasteiger partial charge in [0.25, 0.3) is 10.0 Å². The number of hydrogen-bond acceptors (Lipinski definition) is 11. The number of carboxylic acids is 1. The Morgan fingerprint density at radius 2 is 1.49 bits per heavy atom. The number of likely N-dealkylation sites (tertiary alicyclic amines) is 1. The van der Waals surface area contributed by atoms with Gasteiger partial charge in [-0.1, -0.05) is 54.9 Å². The smallest absolute Gasteiger partial charge is 0.475 e. The van der Waals surface area contributed by atoms with Crippen LogP contribution in [0.3, 0.4) is 0 Å². The van der Waals surface area contributed by atoms with Crippen LogP contribution in [0.4, 0.5) is 18.9 Å². The summed E-state index contributed by atoms with van der Waals surface area (Å²) in [7, 11) is 4.16. The normalized spacial score (nSPS) is 18.2. The molecule has 0 unspecified atom stereocenters. The highest BCUT2D eigenvalue weighted by Gasteiger charge is 2.44. The minimum Gasteiger partial charge on any atom is -0.475 e. The second kappa shape index (κ2) is 23.1. The van der Waals surface area contributed by atoms with Crippen molar-refractivity contribution in [2.45, 2.75) is 122 Å². The van der Waals surface area contributed by atoms with E-state index in [1.54, 1.807) is 23.8 Å². The average molecular weight is 867 g/mol. The van der Waals surface area contributed by atoms with Crippen molar-refractivity contribution in [2.24, 2.45) is 23.7 Å². The van der Waals surface area contributed by atoms with Crippen molar-refractivity contribution < 1.29 is 60.1 Å². The lowest BCUT2D eigenvalue weighted by Gasteiger charge is -2.41. The number of rotatable bonds is 19. The second-order valence-corrected chi connectivity index (χ2v) is 17.5. The quantitative estimate of drug-likeness (QED) is 0.147. The van der Waals surface area contributed by atoms with Crippen LogP contribution in [0.15, 0.2) is 29.2 Å². The lowest BCUT2D eigenvalue weighted by molar-refractivity contribution is -0.192. The number of carboxylic acid groups (broad SMARTS) is 1. The van der Waals surface area contributed by atoms with E-state index in [2.05, 4.69) is 10.0 Å². The van der Waals surface area contributed by atoms with E-state index in [0.717, 1.165) is 0 Å². The van der Waals surface area contributed by atoms with Crippen LogP contribution in [-0.4, -0.2) is 142 Å². The Labute approximate surface area is 346 Å². The molecule has 0 saturated carbocycles. The molecule has 59 heavy (non-hydrogen) atoms. The van der Waals surface area contributed by atoms with Gasteiger partial charge in [0.05, 0.1) is 47.6 Å². The van der Waals surface area contributed by atoms with E-state index in [9.17, 15) is 40.8 Å². The minimum absolute atomic E-state index is 0.0273. The number of nitrogen functional groups attached to an aromatic ring is 1. The van der Waals surface area contributed by atoms with Crippen molar-refractivity contribution in [1.29, 1.82) is 0 Å². The second-order valence-electron chi connectivity index (χ2n) is 15.8. The molecule has 0 spiro atoms. The number of amides is 4. The van der Waals surface area contributed by atoms with Crippen molar-refractivity contribution in [1.82, 2.24) is 24.7 Å². The van der Waals surface area contributed by atoms with Crippen LogP contribution in [0.1, 0.15) is 74.1 Å². The maximum Gasteiger partial charge on any atom is 0.490 e. The van der Waals surface area contributed by atoms with E-state index in [4.69, 9.17) is 25.1 Å². The molecule has 338 valence electrons. The van der Waals surface area contributed by atoms with Gasteiger partial charge in [0.1, 0.15) is 6.04 Å². The van der Waals surface area contributed by atoms with E-state index < -0.39 is 70.4 Å². The monoisotopic (exact) mass is 866 g/mol. The third-order valence-electron chi connectivity index (χ3n) is 10.6. The van der Waals surface area contributed by atoms with Crippen LogP contribution in [0.25, 0.3) is 0 Å². The number of benzene rings is 1. The Hall–Kier alpha value is -4.01. The Morgan fingerprint density at radius 1 is 0.949 bits per heavy atom. The molecule has 8 atom stereocenters. The summed E-state index contributed by atoms with van der Waals surface area (Å²) >= 11 is 0. The van der Waals surface area contributed by atoms with Crippen molar-refractivity contribution in [3.8, 4) is 0 Å². The van der Waals surface area contributed by atoms with E-state index in [0.29, 0.717) is 31.5 Å². The molecule has 4 amide bonds. The molecule has 5 N–H and O–H groups in total. The van der Waals surface area contributed by atoms with Crippen molar-refractivity contribution in [3.05, 3.63) is 24.3 Å². The maximum absolute atomic E-state index is 14.2. The number of alkyl halides is 3. The van der Waals surface area contributed by atoms with Gasteiger partial charge in [-0.2, -0.15) is 13.2 Å². The van der Waals surface area contributed by atoms with Crippen LogP contribution in [0.2, 0.25) is 0 Å². The first kappa shape index (κ1) is 53.0. The van der Waals surface area contributed by atoms with Gasteiger partial charge in [-0.25, -0.2) is 17.9 Å². The number of nitrogens with zero attached hydrogens (tertiary/aromatic N) is 3. The summed E-state index contributed by atoms with van der Waals surface area (Å²) in [5.74, 6) is -5.40. The lowest BCUT2D eigenvalue weighted by atomic mass is 9.89. The molecular formula is C39H65F3N6O10S. The van der Waals surface area contributed by atoms with E-state index >= 15 is 0 Å². The molecule has 1 aromatic rings. The third kappa shape index (κ3) is 14.9. The fraction of sp³-hybridized carbons (Fsp3) is 0.718. The lowest BCUT2D eigenvalue weighted by Crippen LogP contribution is -2.59. The number of aliphatic carboxylic acids is 1. The zero-order chi connectivity index (χ0) is 45.7. The Balaban J connectivity index is 0.00000227. The predicted molar refractivity (Wildman–Crippen MR) is 215 cm³/mol. The number of carbonyl (C=O) groups is 5. The molecule has 2 rings (SSSR count). The molecule has 0 radical (unpaired) electrons. The molecule has 0 aliphatic carbocycles. The van der Waals surface area contributed by atoms with Gasteiger partial charge in [0, 0.05) is 33.5 Å². The van der Waals surface area contributed by atoms with Gasteiger partial charge < -0.3 is 35.4 Å². The number of hydrogen-bond donors (Lipinski definition) is 4. The number of nitrogens with one attached hydrogen (secondary N) is 2. The maximum atomic E-state index is 14.2. The molecule has 1 aliphatic heterocycles. The van der Waals surface area contributed by atoms with Crippen LogP contribution < -0.4 is 15.8 Å². The largest absolute Gasteiger partial charge is 0.490 e. The number of sulfonamides is 1. The number of carbonyl (C=O) groups excluding carboxylic acids is 4. The average Bonchev–Trinajstić information content (AvgIpc) is 3.62. The van der Waals surface area contributed by atoms with Crippen molar-refractivity contribution in [3.63, 3.8) is 0 Å². The highest BCUT2D eigenvalue weighted by atomic mass is 32.2. The Bertz CT molecular complexity index is 1650. The third-order valence-corrected chi connectivity index (χ3v) is 12.0. The summed E-state index contributed by atoms with van der Waals surface area (Å²) in [6.07, 6.45) is -4.68. The number of nitrogens with two attached hydrogens (primary N) is 1. The summed E-state index contributed by atoms with van der Waals surface area (Å²) < 4.78 is 71.5. The topological polar surface area (TPSA) is 218 Å². The van der Waals surface area contributed by atoms with Crippen LogP contribution >= 0.6 is 0 Å². The van der Waals surface area contributed by atoms with Crippen molar-refractivity contribution in [2.75, 3.05) is 47.6 Å². The van der Waals surface area contributed by atoms with Crippen LogP contribution in [0, 0.1) is 23.7 Å². The molecule has 1 fully saturated rings. The van der Waals surface area contributed by atoms with E-state index in [-0.39, 0.29) is 46.8 Å². The molecular weight excluding hydrogens is 802 g/mol. The Kier molecular flexibility index (Phi) is 20.8. The number of methoxy groups -OCH3 is 2. The highest BCUT2D eigenvalue weighted by molar-refractivity contribution is 7.90. The van der Waals surface area contributed by atoms with Gasteiger partial charge in [-0.15, -0.1) is 0 Å². The van der Waals surface area contributed by atoms with Crippen LogP contribution in [0.5, 0.6) is 0 Å². The van der Waals surface area contributed by atoms with E-state index in [1.807, 2.05) is 60.5 Å². The number of likely N-dealkylation sites (N-methyl/N-ethyl adjacent to an activating group) is 2. The first-order valence-corrected chi connectivity index (χ1v) is 21.0. The molecule has 1 aromatic carbocycles. The van der Waals surface area contributed by atoms with Gasteiger partial charge in [0.15, 0.2) is 0 Å². The van der Waals surface area contributed by atoms with Crippen LogP contribution in [-0.2, 0) is 43.5 Å². The molecule has 0 aromatic heterocycles. The fourth-order valence-electron chi connectivity index (χ4n) is 7.34. The SMILES string of the molecule is CC[C@H](C)[C@@H]([C@@H](CC(=O)N1CCC[C@H]1[C@H](OC)[C@@H](C)C(=O)NS(=O)(=O)c1ccc(N)cc1)OC)N(C)C(=O)[C@@H](NC(=O)[C@H](C(C)C)N(C)C)C(C)C.O=C(O)C(F)(F)F. The molecule has 0 bridgehead atoms. The first-order valence-electron chi connectivity index (χ1n) is 19.5. The summed E-state index contributed by atoms with van der Waals surface area (Å²) in [5.41, 5.74) is 6.07. The zero-order valence-electron chi connectivity index (χ0n) is 36.2. The van der Waals surface area contributed by atoms with E-state index in [1.165, 1.54) is 38.5 Å². The molecule has 16 nitrogen and oxygen atoms in total. The van der Waals surface area contributed by atoms with Crippen molar-refractivity contribution >= 4 is 45.3 Å². The molecule has 1 aliphatic rings. The summed E-state index contributed by atoms with van der Waals surface area (Å²) in [5, 5.41) is 10.1. The standard InChI is InChI=1S/C37H64N6O8S.C2HF3O2/c1-13-24(6)33(42(10)37(47)31(22(2)3)39-36(46)32(23(4)5)41(8)9)29(50-11)21-30(44)43-20-14-15-28(43)34(51-12)25(7)35(45)40-52(48,49)27-18-16-26(38)17-19-27;3-2(4,5)1(6)7/h16-19,22-25,28-29,31-34H,13-15,20-21,38H2,1-12H3,(H,39,46)(H,40,45);(H,6,7)/t24-,25+,28-,29+,31-,32-,33-,34+;/m0./s1. The number of ether oxygens (including phenoxy) is 2. The molecule has 20 heteroatoms. The fourth-order valence-corrected chi connectivity index (χ4v) is 8.41. The predicted octanol–water partition coefficient (Wildman–Crippen LogP) is 3.35. The first-order chi connectivity index (χ1) is 27.2. The van der Waals surface area contributed by atoms with Gasteiger partial charge >= 0.3 is 12.1 Å². The minimum atomic E-state index is -5.08. The van der Waals surface area contributed by atoms with Gasteiger partial charge in [0.2, 0.25) is 23.6 Å². The highest BCUT2D eigenvalue weighted by Crippen LogP contribution is 2.30. The van der Waals surface area contributed by atoms with Gasteiger partial charge in [-0.05, 0) is 69.0 Å².